The van der Waals surface area contributed by atoms with Gasteiger partial charge in [0.15, 0.2) is 0 Å². The number of hydrogen-bond donors (Lipinski definition) is 3. The van der Waals surface area contributed by atoms with Gasteiger partial charge in [-0.15, -0.1) is 0 Å². The van der Waals surface area contributed by atoms with Crippen molar-refractivity contribution in [3.05, 3.63) is 23.4 Å². The summed E-state index contributed by atoms with van der Waals surface area (Å²) in [5, 5.41) is 18.9. The van der Waals surface area contributed by atoms with Crippen molar-refractivity contribution in [2.75, 3.05) is 11.1 Å². The molecule has 0 spiro atoms. The lowest BCUT2D eigenvalue weighted by Gasteiger charge is -2.18. The van der Waals surface area contributed by atoms with Crippen molar-refractivity contribution in [1.29, 1.82) is 0 Å². The topological polar surface area (TPSA) is 79.4 Å². The van der Waals surface area contributed by atoms with E-state index in [9.17, 15) is 23.4 Å². The summed E-state index contributed by atoms with van der Waals surface area (Å²) >= 11 is 2.90. The fourth-order valence-electron chi connectivity index (χ4n) is 1.18. The first-order valence-corrected chi connectivity index (χ1v) is 5.64. The van der Waals surface area contributed by atoms with Gasteiger partial charge in [-0.05, 0) is 6.07 Å². The van der Waals surface area contributed by atoms with Crippen LogP contribution in [-0.4, -0.2) is 26.6 Å². The van der Waals surface area contributed by atoms with Crippen LogP contribution in [-0.2, 0) is 6.18 Å². The Bertz CT molecular complexity index is 400. The molecule has 8 heteroatoms. The Morgan fingerprint density at radius 2 is 2.00 bits per heavy atom. The molecule has 0 aliphatic rings. The van der Waals surface area contributed by atoms with Crippen molar-refractivity contribution < 1.29 is 23.4 Å². The quantitative estimate of drug-likeness (QED) is 0.738. The molecule has 1 heterocycles. The van der Waals surface area contributed by atoms with Gasteiger partial charge in [-0.2, -0.15) is 13.2 Å². The molecule has 17 heavy (non-hydrogen) atoms. The maximum absolute atomic E-state index is 12.4. The Kier molecular flexibility index (Phi) is 4.34. The molecular formula is C9H10BrF3N2O2. The number of hydrogen-bond acceptors (Lipinski definition) is 4. The molecule has 1 aromatic heterocycles. The van der Waals surface area contributed by atoms with E-state index < -0.39 is 23.9 Å². The van der Waals surface area contributed by atoms with Crippen LogP contribution >= 0.6 is 15.9 Å². The number of nitrogen functional groups attached to an aromatic ring is 1. The van der Waals surface area contributed by atoms with Crippen LogP contribution in [0.1, 0.15) is 17.2 Å². The minimum absolute atomic E-state index is 0.00382. The maximum atomic E-state index is 12.4. The number of nitrogens with zero attached hydrogens (tertiary/aromatic N) is 1. The first-order chi connectivity index (χ1) is 7.77. The van der Waals surface area contributed by atoms with Gasteiger partial charge < -0.3 is 15.9 Å². The van der Waals surface area contributed by atoms with Crippen LogP contribution in [0.4, 0.5) is 19.0 Å². The lowest BCUT2D eigenvalue weighted by atomic mass is 10.0. The van der Waals surface area contributed by atoms with Crippen molar-refractivity contribution >= 4 is 21.7 Å². The number of anilines is 1. The zero-order chi connectivity index (χ0) is 13.2. The molecule has 0 fully saturated rings. The van der Waals surface area contributed by atoms with E-state index in [1.54, 1.807) is 0 Å². The Morgan fingerprint density at radius 1 is 1.41 bits per heavy atom. The highest BCUT2D eigenvalue weighted by Crippen LogP contribution is 2.32. The average Bonchev–Trinajstić information content (AvgIpc) is 2.26. The van der Waals surface area contributed by atoms with Crippen molar-refractivity contribution in [2.45, 2.75) is 18.4 Å². The number of halogens is 4. The smallest absolute Gasteiger partial charge is 0.389 e. The van der Waals surface area contributed by atoms with Gasteiger partial charge in [-0.25, -0.2) is 4.98 Å². The molecule has 0 bridgehead atoms. The third-order valence-corrected chi connectivity index (χ3v) is 2.78. The molecule has 0 aliphatic heterocycles. The number of nitrogens with two attached hydrogens (primary N) is 1. The van der Waals surface area contributed by atoms with Crippen molar-refractivity contribution in [1.82, 2.24) is 4.98 Å². The van der Waals surface area contributed by atoms with E-state index in [1.807, 2.05) is 0 Å². The number of rotatable bonds is 3. The van der Waals surface area contributed by atoms with E-state index in [0.717, 1.165) is 0 Å². The van der Waals surface area contributed by atoms with Gasteiger partial charge in [0, 0.05) is 17.1 Å². The van der Waals surface area contributed by atoms with Gasteiger partial charge in [0.25, 0.3) is 0 Å². The molecule has 0 saturated heterocycles. The third kappa shape index (κ3) is 3.30. The van der Waals surface area contributed by atoms with E-state index >= 15 is 0 Å². The molecule has 0 aromatic carbocycles. The molecular weight excluding hydrogens is 305 g/mol. The van der Waals surface area contributed by atoms with Gasteiger partial charge in [-0.3, -0.25) is 0 Å². The summed E-state index contributed by atoms with van der Waals surface area (Å²) in [5.41, 5.74) is 4.09. The fraction of sp³-hybridized carbons (Fsp3) is 0.444. The first kappa shape index (κ1) is 14.2. The van der Waals surface area contributed by atoms with E-state index in [-0.39, 0.29) is 16.7 Å². The lowest BCUT2D eigenvalue weighted by Crippen LogP contribution is -2.22. The SMILES string of the molecule is Nc1ncc(C(F)(F)F)cc1C(O)C(O)CBr. The predicted molar refractivity (Wildman–Crippen MR) is 58.4 cm³/mol. The summed E-state index contributed by atoms with van der Waals surface area (Å²) in [6, 6.07) is 0.679. The molecule has 2 unspecified atom stereocenters. The summed E-state index contributed by atoms with van der Waals surface area (Å²) in [7, 11) is 0. The largest absolute Gasteiger partial charge is 0.417 e. The molecule has 0 radical (unpaired) electrons. The molecule has 2 atom stereocenters. The molecule has 0 amide bonds. The molecule has 1 rings (SSSR count). The summed E-state index contributed by atoms with van der Waals surface area (Å²) in [4.78, 5) is 3.35. The van der Waals surface area contributed by atoms with Crippen LogP contribution < -0.4 is 5.73 Å². The highest BCUT2D eigenvalue weighted by Gasteiger charge is 2.33. The highest BCUT2D eigenvalue weighted by molar-refractivity contribution is 9.09. The maximum Gasteiger partial charge on any atom is 0.417 e. The monoisotopic (exact) mass is 314 g/mol. The Labute approximate surface area is 103 Å². The zero-order valence-corrected chi connectivity index (χ0v) is 10.0. The second-order valence-corrected chi connectivity index (χ2v) is 4.01. The molecule has 0 saturated carbocycles. The summed E-state index contributed by atoms with van der Waals surface area (Å²) in [6.07, 6.45) is -6.78. The molecule has 96 valence electrons. The highest BCUT2D eigenvalue weighted by atomic mass is 79.9. The Hall–Kier alpha value is -0.860. The second-order valence-electron chi connectivity index (χ2n) is 3.36. The number of alkyl halides is 4. The van der Waals surface area contributed by atoms with Crippen LogP contribution in [0.5, 0.6) is 0 Å². The molecule has 4 N–H and O–H groups in total. The first-order valence-electron chi connectivity index (χ1n) is 4.52. The summed E-state index contributed by atoms with van der Waals surface area (Å²) in [5.74, 6) is -0.245. The van der Waals surface area contributed by atoms with Gasteiger partial charge in [0.2, 0.25) is 0 Å². The Balaban J connectivity index is 3.15. The van der Waals surface area contributed by atoms with Gasteiger partial charge >= 0.3 is 6.18 Å². The third-order valence-electron chi connectivity index (χ3n) is 2.12. The number of pyridine rings is 1. The minimum Gasteiger partial charge on any atom is -0.389 e. The predicted octanol–water partition coefficient (Wildman–Crippen LogP) is 1.47. The van der Waals surface area contributed by atoms with Crippen LogP contribution in [0.2, 0.25) is 0 Å². The number of aliphatic hydroxyl groups is 2. The Morgan fingerprint density at radius 3 is 2.47 bits per heavy atom. The second kappa shape index (κ2) is 5.19. The number of aromatic nitrogens is 1. The lowest BCUT2D eigenvalue weighted by molar-refractivity contribution is -0.138. The van der Waals surface area contributed by atoms with Crippen LogP contribution in [0, 0.1) is 0 Å². The normalized spacial score (nSPS) is 15.6. The van der Waals surface area contributed by atoms with Crippen LogP contribution in [0.15, 0.2) is 12.3 Å². The van der Waals surface area contributed by atoms with E-state index in [4.69, 9.17) is 5.73 Å². The van der Waals surface area contributed by atoms with Crippen LogP contribution in [0.3, 0.4) is 0 Å². The number of aliphatic hydroxyl groups excluding tert-OH is 2. The van der Waals surface area contributed by atoms with Crippen LogP contribution in [0.25, 0.3) is 0 Å². The van der Waals surface area contributed by atoms with E-state index in [0.29, 0.717) is 12.3 Å². The standard InChI is InChI=1S/C9H10BrF3N2O2/c10-2-6(16)7(17)5-1-4(9(11,12)13)3-15-8(5)14/h1,3,6-7,16-17H,2H2,(H2,14,15). The molecule has 0 aliphatic carbocycles. The summed E-state index contributed by atoms with van der Waals surface area (Å²) < 4.78 is 37.2. The zero-order valence-electron chi connectivity index (χ0n) is 8.45. The molecule has 4 nitrogen and oxygen atoms in total. The molecule has 1 aromatic rings. The van der Waals surface area contributed by atoms with Gasteiger partial charge in [-0.1, -0.05) is 15.9 Å². The van der Waals surface area contributed by atoms with E-state index in [1.165, 1.54) is 0 Å². The fourth-order valence-corrected chi connectivity index (χ4v) is 1.53. The summed E-state index contributed by atoms with van der Waals surface area (Å²) in [6.45, 7) is 0. The average molecular weight is 315 g/mol. The van der Waals surface area contributed by atoms with Crippen molar-refractivity contribution in [3.63, 3.8) is 0 Å². The van der Waals surface area contributed by atoms with Crippen molar-refractivity contribution in [3.8, 4) is 0 Å². The van der Waals surface area contributed by atoms with Gasteiger partial charge in [0.1, 0.15) is 11.9 Å². The van der Waals surface area contributed by atoms with E-state index in [2.05, 4.69) is 20.9 Å². The van der Waals surface area contributed by atoms with Crippen molar-refractivity contribution in [2.24, 2.45) is 0 Å². The minimum atomic E-state index is -4.57. The van der Waals surface area contributed by atoms with Gasteiger partial charge in [0.05, 0.1) is 11.7 Å².